The normalized spacial score (nSPS) is 11.2. The van der Waals surface area contributed by atoms with Gasteiger partial charge in [0.1, 0.15) is 5.75 Å². The van der Waals surface area contributed by atoms with Gasteiger partial charge in [0.15, 0.2) is 6.29 Å². The minimum Gasteiger partial charge on any atom is -0.497 e. The molecule has 0 fully saturated rings. The maximum absolute atomic E-state index is 12.7. The second kappa shape index (κ2) is 5.36. The molecule has 0 saturated heterocycles. The lowest BCUT2D eigenvalue weighted by atomic mass is 9.98. The molecule has 0 spiro atoms. The topological polar surface area (TPSA) is 26.3 Å². The monoisotopic (exact) mass is 280 g/mol. The number of carbonyl (C=O) groups is 1. The van der Waals surface area contributed by atoms with Crippen LogP contribution in [0.5, 0.6) is 5.75 Å². The molecular formula is C15H11F3O2. The highest BCUT2D eigenvalue weighted by atomic mass is 19.4. The van der Waals surface area contributed by atoms with Crippen LogP contribution in [0.3, 0.4) is 0 Å². The number of methoxy groups -OCH3 is 1. The quantitative estimate of drug-likeness (QED) is 0.788. The van der Waals surface area contributed by atoms with Crippen molar-refractivity contribution in [1.82, 2.24) is 0 Å². The molecule has 0 radical (unpaired) electrons. The molecule has 0 amide bonds. The van der Waals surface area contributed by atoms with Crippen molar-refractivity contribution in [3.8, 4) is 16.9 Å². The van der Waals surface area contributed by atoms with Gasteiger partial charge >= 0.3 is 6.18 Å². The van der Waals surface area contributed by atoms with Crippen molar-refractivity contribution < 1.29 is 22.7 Å². The molecule has 0 N–H and O–H groups in total. The fraction of sp³-hybridized carbons (Fsp3) is 0.133. The Morgan fingerprint density at radius 2 is 1.85 bits per heavy atom. The molecule has 0 aliphatic rings. The summed E-state index contributed by atoms with van der Waals surface area (Å²) in [7, 11) is 1.45. The first-order chi connectivity index (χ1) is 9.45. The minimum atomic E-state index is -4.42. The standard InChI is InChI=1S/C15H11F3O2/c1-20-13-6-5-11(9-19)14(8-13)10-3-2-4-12(7-10)15(16,17)18/h2-9H,1H3. The van der Waals surface area contributed by atoms with E-state index in [4.69, 9.17) is 4.74 Å². The predicted molar refractivity (Wildman–Crippen MR) is 68.8 cm³/mol. The van der Waals surface area contributed by atoms with Gasteiger partial charge in [0.25, 0.3) is 0 Å². The summed E-state index contributed by atoms with van der Waals surface area (Å²) in [5, 5.41) is 0. The molecule has 2 aromatic rings. The van der Waals surface area contributed by atoms with E-state index in [1.807, 2.05) is 0 Å². The molecule has 2 nitrogen and oxygen atoms in total. The maximum atomic E-state index is 12.7. The molecule has 0 aromatic heterocycles. The average Bonchev–Trinajstić information content (AvgIpc) is 2.45. The van der Waals surface area contributed by atoms with E-state index in [1.165, 1.54) is 25.3 Å². The van der Waals surface area contributed by atoms with E-state index < -0.39 is 11.7 Å². The van der Waals surface area contributed by atoms with E-state index in [-0.39, 0.29) is 0 Å². The Hall–Kier alpha value is -2.30. The molecule has 0 saturated carbocycles. The first-order valence-electron chi connectivity index (χ1n) is 5.76. The van der Waals surface area contributed by atoms with E-state index in [1.54, 1.807) is 12.1 Å². The second-order valence-electron chi connectivity index (χ2n) is 4.15. The van der Waals surface area contributed by atoms with Crippen LogP contribution in [0.15, 0.2) is 42.5 Å². The Balaban J connectivity index is 2.58. The molecule has 2 aromatic carbocycles. The van der Waals surface area contributed by atoms with Crippen molar-refractivity contribution in [1.29, 1.82) is 0 Å². The lowest BCUT2D eigenvalue weighted by Crippen LogP contribution is -2.04. The number of rotatable bonds is 3. The van der Waals surface area contributed by atoms with E-state index in [9.17, 15) is 18.0 Å². The van der Waals surface area contributed by atoms with Gasteiger partial charge in [0, 0.05) is 5.56 Å². The van der Waals surface area contributed by atoms with Crippen LogP contribution in [0.2, 0.25) is 0 Å². The summed E-state index contributed by atoms with van der Waals surface area (Å²) in [6, 6.07) is 9.48. The van der Waals surface area contributed by atoms with Crippen molar-refractivity contribution in [2.24, 2.45) is 0 Å². The predicted octanol–water partition coefficient (Wildman–Crippen LogP) is 4.19. The van der Waals surface area contributed by atoms with Gasteiger partial charge < -0.3 is 4.74 Å². The third-order valence-corrected chi connectivity index (χ3v) is 2.89. The summed E-state index contributed by atoms with van der Waals surface area (Å²) < 4.78 is 43.2. The zero-order valence-corrected chi connectivity index (χ0v) is 10.6. The minimum absolute atomic E-state index is 0.310. The Morgan fingerprint density at radius 1 is 1.10 bits per heavy atom. The number of aldehydes is 1. The summed E-state index contributed by atoms with van der Waals surface area (Å²) in [6.07, 6.45) is -3.81. The number of alkyl halides is 3. The SMILES string of the molecule is COc1ccc(C=O)c(-c2cccc(C(F)(F)F)c2)c1. The Bertz CT molecular complexity index is 633. The van der Waals surface area contributed by atoms with Crippen molar-refractivity contribution in [3.63, 3.8) is 0 Å². The molecule has 0 unspecified atom stereocenters. The molecule has 20 heavy (non-hydrogen) atoms. The molecule has 0 aliphatic carbocycles. The van der Waals surface area contributed by atoms with Crippen LogP contribution in [-0.2, 0) is 6.18 Å². The Morgan fingerprint density at radius 3 is 2.45 bits per heavy atom. The first kappa shape index (κ1) is 14.1. The van der Waals surface area contributed by atoms with Gasteiger partial charge in [-0.2, -0.15) is 13.2 Å². The van der Waals surface area contributed by atoms with Gasteiger partial charge in [0.2, 0.25) is 0 Å². The Labute approximate surface area is 113 Å². The fourth-order valence-electron chi connectivity index (χ4n) is 1.88. The highest BCUT2D eigenvalue weighted by Gasteiger charge is 2.30. The zero-order valence-electron chi connectivity index (χ0n) is 10.6. The fourth-order valence-corrected chi connectivity index (χ4v) is 1.88. The largest absolute Gasteiger partial charge is 0.497 e. The summed E-state index contributed by atoms with van der Waals surface area (Å²) in [5.41, 5.74) is 0.283. The second-order valence-corrected chi connectivity index (χ2v) is 4.15. The van der Waals surface area contributed by atoms with Crippen LogP contribution >= 0.6 is 0 Å². The Kier molecular flexibility index (Phi) is 3.79. The number of hydrogen-bond acceptors (Lipinski definition) is 2. The number of halogens is 3. The molecule has 0 aliphatic heterocycles. The van der Waals surface area contributed by atoms with Gasteiger partial charge in [-0.05, 0) is 41.5 Å². The number of carbonyl (C=O) groups excluding carboxylic acids is 1. The van der Waals surface area contributed by atoms with E-state index in [2.05, 4.69) is 0 Å². The number of ether oxygens (including phenoxy) is 1. The van der Waals surface area contributed by atoms with E-state index >= 15 is 0 Å². The molecule has 104 valence electrons. The maximum Gasteiger partial charge on any atom is 0.416 e. The average molecular weight is 280 g/mol. The van der Waals surface area contributed by atoms with Crippen molar-refractivity contribution in [2.45, 2.75) is 6.18 Å². The summed E-state index contributed by atoms with van der Waals surface area (Å²) >= 11 is 0. The van der Waals surface area contributed by atoms with Crippen LogP contribution in [-0.4, -0.2) is 13.4 Å². The highest BCUT2D eigenvalue weighted by molar-refractivity contribution is 5.88. The molecular weight excluding hydrogens is 269 g/mol. The van der Waals surface area contributed by atoms with Gasteiger partial charge in [-0.15, -0.1) is 0 Å². The molecule has 0 atom stereocenters. The number of benzene rings is 2. The molecule has 0 heterocycles. The smallest absolute Gasteiger partial charge is 0.416 e. The van der Waals surface area contributed by atoms with E-state index in [0.29, 0.717) is 28.7 Å². The van der Waals surface area contributed by atoms with Crippen LogP contribution < -0.4 is 4.74 Å². The lowest BCUT2D eigenvalue weighted by Gasteiger charge is -2.11. The summed E-state index contributed by atoms with van der Waals surface area (Å²) in [4.78, 5) is 11.0. The summed E-state index contributed by atoms with van der Waals surface area (Å²) in [6.45, 7) is 0. The molecule has 5 heteroatoms. The first-order valence-corrected chi connectivity index (χ1v) is 5.76. The van der Waals surface area contributed by atoms with Gasteiger partial charge in [-0.3, -0.25) is 4.79 Å². The van der Waals surface area contributed by atoms with Crippen molar-refractivity contribution >= 4 is 6.29 Å². The molecule has 0 bridgehead atoms. The van der Waals surface area contributed by atoms with Gasteiger partial charge in [-0.25, -0.2) is 0 Å². The van der Waals surface area contributed by atoms with Crippen LogP contribution in [0.25, 0.3) is 11.1 Å². The van der Waals surface area contributed by atoms with Crippen molar-refractivity contribution in [3.05, 3.63) is 53.6 Å². The zero-order chi connectivity index (χ0) is 14.8. The lowest BCUT2D eigenvalue weighted by molar-refractivity contribution is -0.137. The van der Waals surface area contributed by atoms with Crippen LogP contribution in [0.4, 0.5) is 13.2 Å². The highest BCUT2D eigenvalue weighted by Crippen LogP contribution is 2.34. The van der Waals surface area contributed by atoms with Gasteiger partial charge in [0.05, 0.1) is 12.7 Å². The third kappa shape index (κ3) is 2.82. The van der Waals surface area contributed by atoms with E-state index in [0.717, 1.165) is 12.1 Å². The van der Waals surface area contributed by atoms with Crippen LogP contribution in [0.1, 0.15) is 15.9 Å². The third-order valence-electron chi connectivity index (χ3n) is 2.89. The van der Waals surface area contributed by atoms with Gasteiger partial charge in [-0.1, -0.05) is 12.1 Å². The van der Waals surface area contributed by atoms with Crippen LogP contribution in [0, 0.1) is 0 Å². The summed E-state index contributed by atoms with van der Waals surface area (Å²) in [5.74, 6) is 0.475. The number of hydrogen-bond donors (Lipinski definition) is 0. The van der Waals surface area contributed by atoms with Crippen molar-refractivity contribution in [2.75, 3.05) is 7.11 Å². The molecule has 2 rings (SSSR count).